The van der Waals surface area contributed by atoms with Crippen molar-refractivity contribution in [2.75, 3.05) is 13.7 Å². The van der Waals surface area contributed by atoms with E-state index in [-0.39, 0.29) is 5.97 Å². The van der Waals surface area contributed by atoms with E-state index in [1.54, 1.807) is 6.08 Å². The smallest absolute Gasteiger partial charge is 0.330 e. The molecule has 162 valence electrons. The van der Waals surface area contributed by atoms with E-state index in [1.807, 2.05) is 12.1 Å². The number of ether oxygens (including phenoxy) is 1. The molecule has 4 rings (SSSR count). The maximum Gasteiger partial charge on any atom is 0.330 e. The summed E-state index contributed by atoms with van der Waals surface area (Å²) >= 11 is 0. The molecule has 0 aliphatic carbocycles. The van der Waals surface area contributed by atoms with Gasteiger partial charge in [0.05, 0.1) is 7.11 Å². The van der Waals surface area contributed by atoms with Crippen LogP contribution in [0.5, 0.6) is 0 Å². The minimum Gasteiger partial charge on any atom is -0.466 e. The van der Waals surface area contributed by atoms with Crippen molar-refractivity contribution >= 4 is 22.9 Å². The Bertz CT molecular complexity index is 1180. The average molecular weight is 425 g/mol. The van der Waals surface area contributed by atoms with Crippen molar-refractivity contribution < 1.29 is 9.53 Å². The van der Waals surface area contributed by atoms with Gasteiger partial charge in [-0.25, -0.2) is 4.79 Å². The third-order valence-electron chi connectivity index (χ3n) is 5.62. The van der Waals surface area contributed by atoms with Gasteiger partial charge in [-0.3, -0.25) is 4.90 Å². The van der Waals surface area contributed by atoms with Gasteiger partial charge in [-0.2, -0.15) is 0 Å². The van der Waals surface area contributed by atoms with E-state index in [2.05, 4.69) is 87.5 Å². The predicted molar refractivity (Wildman–Crippen MR) is 130 cm³/mol. The lowest BCUT2D eigenvalue weighted by Gasteiger charge is -2.23. The van der Waals surface area contributed by atoms with E-state index in [0.717, 1.165) is 31.6 Å². The zero-order valence-electron chi connectivity index (χ0n) is 18.3. The van der Waals surface area contributed by atoms with Crippen molar-refractivity contribution in [3.8, 4) is 0 Å². The van der Waals surface area contributed by atoms with Gasteiger partial charge in [0.1, 0.15) is 0 Å². The number of rotatable bonds is 9. The van der Waals surface area contributed by atoms with Crippen LogP contribution in [0.4, 0.5) is 0 Å². The van der Waals surface area contributed by atoms with Gasteiger partial charge in [-0.05, 0) is 40.8 Å². The molecule has 0 spiro atoms. The van der Waals surface area contributed by atoms with Crippen LogP contribution in [0.1, 0.15) is 22.3 Å². The number of benzene rings is 3. The molecule has 0 atom stereocenters. The third kappa shape index (κ3) is 5.74. The topological polar surface area (TPSA) is 45.3 Å². The first-order chi connectivity index (χ1) is 15.7. The van der Waals surface area contributed by atoms with E-state index in [1.165, 1.54) is 40.8 Å². The van der Waals surface area contributed by atoms with Crippen molar-refractivity contribution in [3.05, 3.63) is 113 Å². The van der Waals surface area contributed by atoms with Crippen LogP contribution < -0.4 is 0 Å². The van der Waals surface area contributed by atoms with Crippen LogP contribution in [0.25, 0.3) is 17.0 Å². The Hall–Kier alpha value is -3.63. The number of carbonyl (C=O) groups excluding carboxylic acids is 1. The highest BCUT2D eigenvalue weighted by Crippen LogP contribution is 2.19. The zero-order valence-corrected chi connectivity index (χ0v) is 18.3. The molecule has 32 heavy (non-hydrogen) atoms. The van der Waals surface area contributed by atoms with Gasteiger partial charge in [0.25, 0.3) is 0 Å². The molecule has 0 saturated carbocycles. The number of nitrogens with zero attached hydrogens (tertiary/aromatic N) is 1. The summed E-state index contributed by atoms with van der Waals surface area (Å²) in [4.78, 5) is 17.2. The Labute approximate surface area is 189 Å². The van der Waals surface area contributed by atoms with Gasteiger partial charge in [0.2, 0.25) is 0 Å². The number of hydrogen-bond donors (Lipinski definition) is 1. The van der Waals surface area contributed by atoms with Crippen LogP contribution in [0.2, 0.25) is 0 Å². The van der Waals surface area contributed by atoms with Crippen LogP contribution in [0.3, 0.4) is 0 Å². The lowest BCUT2D eigenvalue weighted by Crippen LogP contribution is -2.25. The Morgan fingerprint density at radius 2 is 1.59 bits per heavy atom. The highest BCUT2D eigenvalue weighted by molar-refractivity contribution is 5.86. The zero-order chi connectivity index (χ0) is 22.2. The SMILES string of the molecule is COC(=O)/C=C/c1ccc(CN(CCc2c[nH]c3ccccc23)Cc2ccccc2)cc1. The van der Waals surface area contributed by atoms with Crippen LogP contribution in [-0.2, 0) is 29.0 Å². The Morgan fingerprint density at radius 1 is 0.906 bits per heavy atom. The van der Waals surface area contributed by atoms with Crippen molar-refractivity contribution in [1.82, 2.24) is 9.88 Å². The first-order valence-corrected chi connectivity index (χ1v) is 10.9. The molecule has 0 fully saturated rings. The highest BCUT2D eigenvalue weighted by Gasteiger charge is 2.10. The molecule has 1 aromatic heterocycles. The fourth-order valence-corrected chi connectivity index (χ4v) is 3.90. The van der Waals surface area contributed by atoms with Crippen molar-refractivity contribution in [2.24, 2.45) is 0 Å². The van der Waals surface area contributed by atoms with Gasteiger partial charge < -0.3 is 9.72 Å². The number of aromatic amines is 1. The molecule has 1 heterocycles. The third-order valence-corrected chi connectivity index (χ3v) is 5.62. The molecule has 0 aliphatic heterocycles. The summed E-state index contributed by atoms with van der Waals surface area (Å²) in [5.41, 5.74) is 6.07. The summed E-state index contributed by atoms with van der Waals surface area (Å²) in [5.74, 6) is -0.347. The summed E-state index contributed by atoms with van der Waals surface area (Å²) in [6, 6.07) is 27.4. The predicted octanol–water partition coefficient (Wildman–Crippen LogP) is 5.60. The molecular formula is C28H28N2O2. The normalized spacial score (nSPS) is 11.4. The number of carbonyl (C=O) groups is 1. The fraction of sp³-hybridized carbons (Fsp3) is 0.179. The van der Waals surface area contributed by atoms with Gasteiger partial charge in [0.15, 0.2) is 0 Å². The number of hydrogen-bond acceptors (Lipinski definition) is 3. The molecule has 0 aliphatic rings. The molecule has 4 heteroatoms. The number of nitrogens with one attached hydrogen (secondary N) is 1. The maximum atomic E-state index is 11.3. The number of fused-ring (bicyclic) bond motifs is 1. The van der Waals surface area contributed by atoms with Crippen LogP contribution in [-0.4, -0.2) is 29.5 Å². The van der Waals surface area contributed by atoms with Crippen LogP contribution in [0, 0.1) is 0 Å². The Kier molecular flexibility index (Phi) is 7.15. The van der Waals surface area contributed by atoms with E-state index in [0.29, 0.717) is 0 Å². The Morgan fingerprint density at radius 3 is 2.34 bits per heavy atom. The fourth-order valence-electron chi connectivity index (χ4n) is 3.90. The van der Waals surface area contributed by atoms with Gasteiger partial charge in [0, 0.05) is 42.8 Å². The highest BCUT2D eigenvalue weighted by atomic mass is 16.5. The summed E-state index contributed by atoms with van der Waals surface area (Å²) in [7, 11) is 1.38. The quantitative estimate of drug-likeness (QED) is 0.281. The minimum atomic E-state index is -0.347. The van der Waals surface area contributed by atoms with E-state index in [9.17, 15) is 4.79 Å². The van der Waals surface area contributed by atoms with E-state index >= 15 is 0 Å². The molecular weight excluding hydrogens is 396 g/mol. The number of para-hydroxylation sites is 1. The molecule has 4 aromatic rings. The number of aromatic nitrogens is 1. The molecule has 4 nitrogen and oxygen atoms in total. The van der Waals surface area contributed by atoms with E-state index in [4.69, 9.17) is 0 Å². The second-order valence-corrected chi connectivity index (χ2v) is 7.90. The first-order valence-electron chi connectivity index (χ1n) is 10.9. The summed E-state index contributed by atoms with van der Waals surface area (Å²) < 4.78 is 4.65. The maximum absolute atomic E-state index is 11.3. The molecule has 0 unspecified atom stereocenters. The average Bonchev–Trinajstić information content (AvgIpc) is 3.25. The van der Waals surface area contributed by atoms with Gasteiger partial charge in [-0.15, -0.1) is 0 Å². The molecule has 0 radical (unpaired) electrons. The van der Waals surface area contributed by atoms with Crippen molar-refractivity contribution in [1.29, 1.82) is 0 Å². The number of methoxy groups -OCH3 is 1. The summed E-state index contributed by atoms with van der Waals surface area (Å²) in [5, 5.41) is 1.30. The van der Waals surface area contributed by atoms with Gasteiger partial charge in [-0.1, -0.05) is 72.8 Å². The van der Waals surface area contributed by atoms with E-state index < -0.39 is 0 Å². The molecule has 0 amide bonds. The first kappa shape index (κ1) is 21.6. The molecule has 3 aromatic carbocycles. The van der Waals surface area contributed by atoms with Gasteiger partial charge >= 0.3 is 5.97 Å². The standard InChI is InChI=1S/C28H28N2O2/c1-32-28(31)16-15-22-11-13-24(14-12-22)21-30(20-23-7-3-2-4-8-23)18-17-25-19-29-27-10-6-5-9-26(25)27/h2-16,19,29H,17-18,20-21H2,1H3/b16-15+. The minimum absolute atomic E-state index is 0.347. The lowest BCUT2D eigenvalue weighted by atomic mass is 10.1. The monoisotopic (exact) mass is 424 g/mol. The largest absolute Gasteiger partial charge is 0.466 e. The lowest BCUT2D eigenvalue weighted by molar-refractivity contribution is -0.134. The number of H-pyrrole nitrogens is 1. The van der Waals surface area contributed by atoms with Crippen molar-refractivity contribution in [2.45, 2.75) is 19.5 Å². The summed E-state index contributed by atoms with van der Waals surface area (Å²) in [6.07, 6.45) is 6.33. The molecule has 0 bridgehead atoms. The van der Waals surface area contributed by atoms with Crippen molar-refractivity contribution in [3.63, 3.8) is 0 Å². The van der Waals surface area contributed by atoms with Crippen LogP contribution >= 0.6 is 0 Å². The molecule has 1 N–H and O–H groups in total. The Balaban J connectivity index is 1.46. The summed E-state index contributed by atoms with van der Waals surface area (Å²) in [6.45, 7) is 2.71. The second kappa shape index (κ2) is 10.6. The van der Waals surface area contributed by atoms with Crippen LogP contribution in [0.15, 0.2) is 91.1 Å². The number of esters is 1. The molecule has 0 saturated heterocycles. The second-order valence-electron chi connectivity index (χ2n) is 7.90.